The van der Waals surface area contributed by atoms with Crippen LogP contribution in [0.25, 0.3) is 11.0 Å². The minimum Gasteiger partial charge on any atom is -0.451 e. The molecule has 2 N–H and O–H groups in total. The number of carbonyl (C=O) groups is 1. The summed E-state index contributed by atoms with van der Waals surface area (Å²) in [6.07, 6.45) is 0. The second-order valence-electron chi connectivity index (χ2n) is 5.57. The molecule has 1 aliphatic rings. The highest BCUT2D eigenvalue weighted by Gasteiger charge is 2.24. The minimum atomic E-state index is -0.0174. The Balaban J connectivity index is 1.72. The van der Waals surface area contributed by atoms with E-state index in [2.05, 4.69) is 4.90 Å². The molecule has 0 spiro atoms. The summed E-state index contributed by atoms with van der Waals surface area (Å²) in [6.45, 7) is 6.81. The number of rotatable bonds is 3. The molecule has 0 bridgehead atoms. The molecule has 3 rings (SSSR count). The number of furan rings is 1. The molecular weight excluding hydrogens is 266 g/mol. The third-order valence-electron chi connectivity index (χ3n) is 3.99. The molecule has 0 unspecified atom stereocenters. The van der Waals surface area contributed by atoms with Crippen molar-refractivity contribution in [2.45, 2.75) is 6.92 Å². The molecule has 1 aromatic carbocycles. The Bertz CT molecular complexity index is 642. The molecule has 1 aromatic heterocycles. The van der Waals surface area contributed by atoms with E-state index in [1.54, 1.807) is 0 Å². The van der Waals surface area contributed by atoms with E-state index < -0.39 is 0 Å². The van der Waals surface area contributed by atoms with Crippen LogP contribution < -0.4 is 5.73 Å². The third kappa shape index (κ3) is 2.94. The van der Waals surface area contributed by atoms with Gasteiger partial charge in [0, 0.05) is 44.7 Å². The number of hydrogen-bond donors (Lipinski definition) is 1. The first kappa shape index (κ1) is 14.1. The lowest BCUT2D eigenvalue weighted by molar-refractivity contribution is 0.0612. The average molecular weight is 287 g/mol. The maximum atomic E-state index is 12.5. The van der Waals surface area contributed by atoms with Crippen LogP contribution in [0, 0.1) is 6.92 Å². The summed E-state index contributed by atoms with van der Waals surface area (Å²) >= 11 is 0. The Morgan fingerprint density at radius 2 is 2.00 bits per heavy atom. The SMILES string of the molecule is Cc1ccc2oc(C(=O)N3CCN(CCN)CC3)cc2c1. The number of nitrogens with two attached hydrogens (primary N) is 1. The number of amides is 1. The van der Waals surface area contributed by atoms with E-state index in [1.165, 1.54) is 0 Å². The van der Waals surface area contributed by atoms with Crippen molar-refractivity contribution in [2.24, 2.45) is 5.73 Å². The summed E-state index contributed by atoms with van der Waals surface area (Å²) in [6, 6.07) is 7.79. The number of benzene rings is 1. The molecule has 2 aromatic rings. The van der Waals surface area contributed by atoms with Crippen LogP contribution in [0.4, 0.5) is 0 Å². The van der Waals surface area contributed by atoms with Gasteiger partial charge in [-0.15, -0.1) is 0 Å². The zero-order chi connectivity index (χ0) is 14.8. The highest BCUT2D eigenvalue weighted by atomic mass is 16.3. The van der Waals surface area contributed by atoms with Crippen molar-refractivity contribution in [3.05, 3.63) is 35.6 Å². The van der Waals surface area contributed by atoms with Crippen molar-refractivity contribution in [3.63, 3.8) is 0 Å². The van der Waals surface area contributed by atoms with Crippen LogP contribution in [0.5, 0.6) is 0 Å². The molecular formula is C16H21N3O2. The second-order valence-corrected chi connectivity index (χ2v) is 5.57. The molecule has 2 heterocycles. The van der Waals surface area contributed by atoms with Crippen LogP contribution >= 0.6 is 0 Å². The number of aryl methyl sites for hydroxylation is 1. The largest absolute Gasteiger partial charge is 0.451 e. The van der Waals surface area contributed by atoms with Crippen molar-refractivity contribution >= 4 is 16.9 Å². The summed E-state index contributed by atoms with van der Waals surface area (Å²) < 4.78 is 5.69. The number of carbonyl (C=O) groups excluding carboxylic acids is 1. The van der Waals surface area contributed by atoms with Gasteiger partial charge in [0.05, 0.1) is 0 Å². The summed E-state index contributed by atoms with van der Waals surface area (Å²) in [5.41, 5.74) is 7.50. The van der Waals surface area contributed by atoms with Crippen LogP contribution in [-0.2, 0) is 0 Å². The second kappa shape index (κ2) is 5.87. The lowest BCUT2D eigenvalue weighted by Crippen LogP contribution is -2.49. The maximum Gasteiger partial charge on any atom is 0.289 e. The molecule has 1 amide bonds. The summed E-state index contributed by atoms with van der Waals surface area (Å²) in [4.78, 5) is 16.7. The van der Waals surface area contributed by atoms with Gasteiger partial charge in [0.25, 0.3) is 5.91 Å². The van der Waals surface area contributed by atoms with Crippen LogP contribution in [0.1, 0.15) is 16.1 Å². The van der Waals surface area contributed by atoms with Crippen molar-refractivity contribution in [1.29, 1.82) is 0 Å². The Kier molecular flexibility index (Phi) is 3.94. The predicted molar refractivity (Wildman–Crippen MR) is 82.3 cm³/mol. The van der Waals surface area contributed by atoms with E-state index in [1.807, 2.05) is 36.1 Å². The third-order valence-corrected chi connectivity index (χ3v) is 3.99. The summed E-state index contributed by atoms with van der Waals surface area (Å²) in [5, 5.41) is 0.986. The van der Waals surface area contributed by atoms with Crippen molar-refractivity contribution in [2.75, 3.05) is 39.3 Å². The van der Waals surface area contributed by atoms with Gasteiger partial charge < -0.3 is 15.1 Å². The van der Waals surface area contributed by atoms with E-state index >= 15 is 0 Å². The first-order valence-electron chi connectivity index (χ1n) is 7.39. The van der Waals surface area contributed by atoms with E-state index in [4.69, 9.17) is 10.2 Å². The quantitative estimate of drug-likeness (QED) is 0.928. The number of fused-ring (bicyclic) bond motifs is 1. The number of nitrogens with zero attached hydrogens (tertiary/aromatic N) is 2. The predicted octanol–water partition coefficient (Wildman–Crippen LogP) is 1.46. The Hall–Kier alpha value is -1.85. The number of piperazine rings is 1. The molecule has 1 fully saturated rings. The van der Waals surface area contributed by atoms with Gasteiger partial charge in [0.2, 0.25) is 0 Å². The van der Waals surface area contributed by atoms with Crippen molar-refractivity contribution in [1.82, 2.24) is 9.80 Å². The van der Waals surface area contributed by atoms with Crippen molar-refractivity contribution < 1.29 is 9.21 Å². The lowest BCUT2D eigenvalue weighted by atomic mass is 10.2. The van der Waals surface area contributed by atoms with Crippen LogP contribution in [0.15, 0.2) is 28.7 Å². The fourth-order valence-electron chi connectivity index (χ4n) is 2.78. The Morgan fingerprint density at radius 1 is 1.24 bits per heavy atom. The zero-order valence-corrected chi connectivity index (χ0v) is 12.3. The first-order chi connectivity index (χ1) is 10.2. The molecule has 112 valence electrons. The van der Waals surface area contributed by atoms with Gasteiger partial charge in [-0.05, 0) is 25.1 Å². The normalized spacial score (nSPS) is 16.6. The molecule has 0 aliphatic carbocycles. The van der Waals surface area contributed by atoms with E-state index in [9.17, 15) is 4.79 Å². The standard InChI is InChI=1S/C16H21N3O2/c1-12-2-3-14-13(10-12)11-15(21-14)16(20)19-8-6-18(5-4-17)7-9-19/h2-3,10-11H,4-9,17H2,1H3. The van der Waals surface area contributed by atoms with Crippen LogP contribution in [0.3, 0.4) is 0 Å². The van der Waals surface area contributed by atoms with E-state index in [-0.39, 0.29) is 5.91 Å². The molecule has 0 saturated carbocycles. The topological polar surface area (TPSA) is 62.7 Å². The number of hydrogen-bond acceptors (Lipinski definition) is 4. The first-order valence-corrected chi connectivity index (χ1v) is 7.39. The monoisotopic (exact) mass is 287 g/mol. The molecule has 0 radical (unpaired) electrons. The molecule has 1 saturated heterocycles. The zero-order valence-electron chi connectivity index (χ0n) is 12.3. The lowest BCUT2D eigenvalue weighted by Gasteiger charge is -2.33. The fraction of sp³-hybridized carbons (Fsp3) is 0.438. The molecule has 5 nitrogen and oxygen atoms in total. The van der Waals surface area contributed by atoms with E-state index in [0.717, 1.165) is 49.3 Å². The van der Waals surface area contributed by atoms with Gasteiger partial charge in [-0.3, -0.25) is 9.69 Å². The minimum absolute atomic E-state index is 0.0174. The fourth-order valence-corrected chi connectivity index (χ4v) is 2.78. The summed E-state index contributed by atoms with van der Waals surface area (Å²) in [5.74, 6) is 0.416. The molecule has 1 aliphatic heterocycles. The van der Waals surface area contributed by atoms with Crippen molar-refractivity contribution in [3.8, 4) is 0 Å². The molecule has 21 heavy (non-hydrogen) atoms. The Morgan fingerprint density at radius 3 is 2.71 bits per heavy atom. The maximum absolute atomic E-state index is 12.5. The summed E-state index contributed by atoms with van der Waals surface area (Å²) in [7, 11) is 0. The highest BCUT2D eigenvalue weighted by molar-refractivity contribution is 5.96. The molecule has 5 heteroatoms. The van der Waals surface area contributed by atoms with Gasteiger partial charge >= 0.3 is 0 Å². The van der Waals surface area contributed by atoms with Crippen LogP contribution in [-0.4, -0.2) is 55.0 Å². The Labute approximate surface area is 124 Å². The van der Waals surface area contributed by atoms with Gasteiger partial charge in [-0.25, -0.2) is 0 Å². The van der Waals surface area contributed by atoms with Gasteiger partial charge in [0.1, 0.15) is 5.58 Å². The van der Waals surface area contributed by atoms with Gasteiger partial charge in [-0.2, -0.15) is 0 Å². The molecule has 0 atom stereocenters. The van der Waals surface area contributed by atoms with E-state index in [0.29, 0.717) is 12.3 Å². The van der Waals surface area contributed by atoms with Gasteiger partial charge in [0.15, 0.2) is 5.76 Å². The van der Waals surface area contributed by atoms with Crippen LogP contribution in [0.2, 0.25) is 0 Å². The van der Waals surface area contributed by atoms with Gasteiger partial charge in [-0.1, -0.05) is 11.6 Å². The highest BCUT2D eigenvalue weighted by Crippen LogP contribution is 2.22. The average Bonchev–Trinajstić information content (AvgIpc) is 2.90. The smallest absolute Gasteiger partial charge is 0.289 e.